The molecule has 110 valence electrons. The van der Waals surface area contributed by atoms with Crippen molar-refractivity contribution in [2.75, 3.05) is 18.4 Å². The van der Waals surface area contributed by atoms with Gasteiger partial charge < -0.3 is 16.4 Å². The van der Waals surface area contributed by atoms with E-state index < -0.39 is 6.03 Å². The minimum Gasteiger partial charge on any atom is -0.377 e. The maximum absolute atomic E-state index is 12.2. The third-order valence-corrected chi connectivity index (χ3v) is 3.67. The van der Waals surface area contributed by atoms with Crippen LogP contribution in [0, 0.1) is 5.92 Å². The zero-order valence-electron chi connectivity index (χ0n) is 11.1. The molecule has 20 heavy (non-hydrogen) atoms. The molecule has 1 aromatic heterocycles. The van der Waals surface area contributed by atoms with E-state index in [0.717, 1.165) is 12.8 Å². The number of halogens is 1. The molecular formula is C12H18ClN5O2. The topological polar surface area (TPSA) is 102 Å². The van der Waals surface area contributed by atoms with Crippen LogP contribution in [0.25, 0.3) is 0 Å². The molecule has 7 nitrogen and oxygen atoms in total. The summed E-state index contributed by atoms with van der Waals surface area (Å²) in [5.41, 5.74) is 5.03. The van der Waals surface area contributed by atoms with Crippen molar-refractivity contribution >= 4 is 23.3 Å². The zero-order chi connectivity index (χ0) is 14.5. The van der Waals surface area contributed by atoms with E-state index in [1.807, 2.05) is 0 Å². The summed E-state index contributed by atoms with van der Waals surface area (Å²) in [6, 6.07) is -0.602. The molecular weight excluding hydrogens is 282 g/mol. The molecule has 4 N–H and O–H groups in total. The molecule has 0 aromatic carbocycles. The van der Waals surface area contributed by atoms with Crippen molar-refractivity contribution in [2.24, 2.45) is 11.7 Å². The Bertz CT molecular complexity index is 541. The summed E-state index contributed by atoms with van der Waals surface area (Å²) in [5, 5.41) is 9.68. The fraction of sp³-hybridized carbons (Fsp3) is 0.583. The molecule has 0 unspecified atom stereocenters. The van der Waals surface area contributed by atoms with Gasteiger partial charge >= 0.3 is 6.03 Å². The quantitative estimate of drug-likeness (QED) is 0.675. The second-order valence-corrected chi connectivity index (χ2v) is 5.28. The molecule has 0 bridgehead atoms. The van der Waals surface area contributed by atoms with E-state index in [1.54, 1.807) is 0 Å². The van der Waals surface area contributed by atoms with Gasteiger partial charge in [0.15, 0.2) is 0 Å². The average molecular weight is 300 g/mol. The molecule has 0 spiro atoms. The number of nitrogens with zero attached hydrogens (tertiary/aromatic N) is 2. The van der Waals surface area contributed by atoms with Crippen LogP contribution < -0.4 is 21.9 Å². The van der Waals surface area contributed by atoms with Gasteiger partial charge in [0.2, 0.25) is 0 Å². The second-order valence-electron chi connectivity index (χ2n) is 4.87. The molecule has 8 heteroatoms. The highest BCUT2D eigenvalue weighted by atomic mass is 35.5. The van der Waals surface area contributed by atoms with Gasteiger partial charge in [0.05, 0.1) is 11.2 Å². The SMILES string of the molecule is NC(=O)NCCNc1c(Cl)cnn(CC2CCC2)c1=O. The number of hydrogen-bond donors (Lipinski definition) is 3. The summed E-state index contributed by atoms with van der Waals surface area (Å²) < 4.78 is 1.44. The number of nitrogens with two attached hydrogens (primary N) is 1. The van der Waals surface area contributed by atoms with Crippen LogP contribution in [0.5, 0.6) is 0 Å². The first-order valence-corrected chi connectivity index (χ1v) is 6.98. The van der Waals surface area contributed by atoms with Crippen molar-refractivity contribution in [2.45, 2.75) is 25.8 Å². The Balaban J connectivity index is 2.00. The van der Waals surface area contributed by atoms with E-state index >= 15 is 0 Å². The number of hydrogen-bond acceptors (Lipinski definition) is 4. The zero-order valence-corrected chi connectivity index (χ0v) is 11.8. The third kappa shape index (κ3) is 3.63. The van der Waals surface area contributed by atoms with Crippen LogP contribution in [0.3, 0.4) is 0 Å². The third-order valence-electron chi connectivity index (χ3n) is 3.38. The lowest BCUT2D eigenvalue weighted by molar-refractivity contribution is 0.249. The standard InChI is InChI=1S/C12H18ClN5O2/c13-9-6-17-18(7-8-2-1-3-8)11(19)10(9)15-4-5-16-12(14)20/h6,8,15H,1-5,7H2,(H3,14,16,20). The van der Waals surface area contributed by atoms with Gasteiger partial charge in [-0.25, -0.2) is 9.48 Å². The van der Waals surface area contributed by atoms with Crippen LogP contribution in [-0.2, 0) is 6.54 Å². The number of amides is 2. The fourth-order valence-electron chi connectivity index (χ4n) is 2.05. The van der Waals surface area contributed by atoms with Crippen LogP contribution in [0.15, 0.2) is 11.0 Å². The molecule has 0 saturated heterocycles. The van der Waals surface area contributed by atoms with E-state index in [-0.39, 0.29) is 10.6 Å². The Morgan fingerprint density at radius 3 is 2.85 bits per heavy atom. The van der Waals surface area contributed by atoms with Gasteiger partial charge in [-0.3, -0.25) is 4.79 Å². The summed E-state index contributed by atoms with van der Waals surface area (Å²) >= 11 is 5.98. The van der Waals surface area contributed by atoms with E-state index in [4.69, 9.17) is 17.3 Å². The fourth-order valence-corrected chi connectivity index (χ4v) is 2.24. The summed E-state index contributed by atoms with van der Waals surface area (Å²) in [6.07, 6.45) is 4.96. The average Bonchev–Trinajstić information content (AvgIpc) is 2.34. The van der Waals surface area contributed by atoms with Crippen LogP contribution >= 0.6 is 11.6 Å². The van der Waals surface area contributed by atoms with Crippen molar-refractivity contribution < 1.29 is 4.79 Å². The smallest absolute Gasteiger partial charge is 0.312 e. The lowest BCUT2D eigenvalue weighted by Gasteiger charge is -2.25. The molecule has 1 heterocycles. The molecule has 1 aromatic rings. The van der Waals surface area contributed by atoms with E-state index in [9.17, 15) is 9.59 Å². The van der Waals surface area contributed by atoms with Crippen LogP contribution in [0.1, 0.15) is 19.3 Å². The van der Waals surface area contributed by atoms with Gasteiger partial charge in [0, 0.05) is 19.6 Å². The number of primary amides is 1. The number of aromatic nitrogens is 2. The summed E-state index contributed by atoms with van der Waals surface area (Å²) in [5.74, 6) is 0.533. The molecule has 1 aliphatic rings. The lowest BCUT2D eigenvalue weighted by atomic mass is 9.85. The molecule has 2 rings (SSSR count). The van der Waals surface area contributed by atoms with Gasteiger partial charge in [-0.1, -0.05) is 18.0 Å². The van der Waals surface area contributed by atoms with E-state index in [0.29, 0.717) is 31.2 Å². The first-order chi connectivity index (χ1) is 9.58. The summed E-state index contributed by atoms with van der Waals surface area (Å²) in [7, 11) is 0. The van der Waals surface area contributed by atoms with Crippen molar-refractivity contribution in [1.29, 1.82) is 0 Å². The molecule has 1 saturated carbocycles. The summed E-state index contributed by atoms with van der Waals surface area (Å²) in [4.78, 5) is 22.8. The van der Waals surface area contributed by atoms with Gasteiger partial charge in [-0.05, 0) is 18.8 Å². The second kappa shape index (κ2) is 6.60. The predicted molar refractivity (Wildman–Crippen MR) is 76.9 cm³/mol. The minimum absolute atomic E-state index is 0.233. The Hall–Kier alpha value is -1.76. The highest BCUT2D eigenvalue weighted by Gasteiger charge is 2.20. The Morgan fingerprint density at radius 1 is 1.50 bits per heavy atom. The molecule has 0 aliphatic heterocycles. The van der Waals surface area contributed by atoms with E-state index in [2.05, 4.69) is 15.7 Å². The van der Waals surface area contributed by atoms with Gasteiger partial charge in [-0.15, -0.1) is 0 Å². The Labute approximate surface area is 121 Å². The van der Waals surface area contributed by atoms with Gasteiger partial charge in [0.25, 0.3) is 5.56 Å². The molecule has 2 amide bonds. The van der Waals surface area contributed by atoms with E-state index in [1.165, 1.54) is 17.3 Å². The number of rotatable bonds is 6. The maximum Gasteiger partial charge on any atom is 0.312 e. The van der Waals surface area contributed by atoms with Crippen molar-refractivity contribution in [3.05, 3.63) is 21.6 Å². The number of anilines is 1. The largest absolute Gasteiger partial charge is 0.377 e. The molecule has 1 aliphatic carbocycles. The highest BCUT2D eigenvalue weighted by molar-refractivity contribution is 6.32. The first-order valence-electron chi connectivity index (χ1n) is 6.60. The Morgan fingerprint density at radius 2 is 2.25 bits per heavy atom. The molecule has 0 atom stereocenters. The highest BCUT2D eigenvalue weighted by Crippen LogP contribution is 2.27. The number of urea groups is 1. The predicted octanol–water partition coefficient (Wildman–Crippen LogP) is 0.777. The van der Waals surface area contributed by atoms with Gasteiger partial charge in [0.1, 0.15) is 5.69 Å². The van der Waals surface area contributed by atoms with Gasteiger partial charge in [-0.2, -0.15) is 5.10 Å². The van der Waals surface area contributed by atoms with Crippen molar-refractivity contribution in [3.8, 4) is 0 Å². The van der Waals surface area contributed by atoms with Crippen LogP contribution in [0.4, 0.5) is 10.5 Å². The Kier molecular flexibility index (Phi) is 4.84. The number of carbonyl (C=O) groups excluding carboxylic acids is 1. The van der Waals surface area contributed by atoms with Crippen LogP contribution in [0.2, 0.25) is 5.02 Å². The van der Waals surface area contributed by atoms with Crippen molar-refractivity contribution in [3.63, 3.8) is 0 Å². The lowest BCUT2D eigenvalue weighted by Crippen LogP contribution is -2.35. The molecule has 1 fully saturated rings. The number of carbonyl (C=O) groups is 1. The molecule has 0 radical (unpaired) electrons. The maximum atomic E-state index is 12.2. The monoisotopic (exact) mass is 299 g/mol. The normalized spacial score (nSPS) is 14.7. The van der Waals surface area contributed by atoms with Crippen molar-refractivity contribution in [1.82, 2.24) is 15.1 Å². The summed E-state index contributed by atoms with van der Waals surface area (Å²) in [6.45, 7) is 1.31. The number of nitrogens with one attached hydrogen (secondary N) is 2. The minimum atomic E-state index is -0.602. The van der Waals surface area contributed by atoms with Crippen LogP contribution in [-0.4, -0.2) is 28.9 Å². The first kappa shape index (κ1) is 14.6.